The maximum Gasteiger partial charge on any atom is 0.259 e. The summed E-state index contributed by atoms with van der Waals surface area (Å²) >= 11 is 0. The summed E-state index contributed by atoms with van der Waals surface area (Å²) < 4.78 is 5.22. The van der Waals surface area contributed by atoms with Crippen molar-refractivity contribution < 1.29 is 9.53 Å². The number of hydrogen-bond donors (Lipinski definition) is 0. The molecule has 1 fully saturated rings. The van der Waals surface area contributed by atoms with Crippen LogP contribution in [-0.4, -0.2) is 59.0 Å². The van der Waals surface area contributed by atoms with E-state index in [0.717, 1.165) is 17.1 Å². The van der Waals surface area contributed by atoms with Gasteiger partial charge in [-0.2, -0.15) is 0 Å². The average Bonchev–Trinajstić information content (AvgIpc) is 2.79. The zero-order valence-electron chi connectivity index (χ0n) is 15.7. The maximum atomic E-state index is 12.8. The summed E-state index contributed by atoms with van der Waals surface area (Å²) in [6, 6.07) is 15.5. The van der Waals surface area contributed by atoms with Crippen molar-refractivity contribution >= 4 is 11.7 Å². The van der Waals surface area contributed by atoms with Gasteiger partial charge < -0.3 is 14.5 Å². The third-order valence-corrected chi connectivity index (χ3v) is 4.81. The second-order valence-electron chi connectivity index (χ2n) is 6.47. The summed E-state index contributed by atoms with van der Waals surface area (Å²) in [6.07, 6.45) is 3.21. The van der Waals surface area contributed by atoms with Crippen LogP contribution in [0.4, 0.5) is 5.82 Å². The number of carbonyl (C=O) groups excluding carboxylic acids is 1. The molecule has 0 atom stereocenters. The first-order valence-electron chi connectivity index (χ1n) is 9.17. The molecule has 2 aromatic heterocycles. The van der Waals surface area contributed by atoms with Gasteiger partial charge in [-0.1, -0.05) is 30.3 Å². The van der Waals surface area contributed by atoms with Crippen LogP contribution in [0.25, 0.3) is 11.3 Å². The van der Waals surface area contributed by atoms with Gasteiger partial charge in [0.2, 0.25) is 5.88 Å². The Hall–Kier alpha value is -3.48. The second kappa shape index (κ2) is 8.04. The quantitative estimate of drug-likeness (QED) is 0.698. The molecule has 28 heavy (non-hydrogen) atoms. The molecular formula is C21H21N5O2. The van der Waals surface area contributed by atoms with Gasteiger partial charge in [0.1, 0.15) is 17.7 Å². The lowest BCUT2D eigenvalue weighted by Crippen LogP contribution is -2.49. The number of benzene rings is 1. The SMILES string of the molecule is COc1ncccc1C(=O)N1CCN(c2cc(-c3ccccc3)ncn2)CC1. The van der Waals surface area contributed by atoms with E-state index in [1.165, 1.54) is 7.11 Å². The van der Waals surface area contributed by atoms with Gasteiger partial charge in [0.25, 0.3) is 5.91 Å². The van der Waals surface area contributed by atoms with Crippen LogP contribution >= 0.6 is 0 Å². The molecule has 0 spiro atoms. The van der Waals surface area contributed by atoms with Crippen LogP contribution in [0.3, 0.4) is 0 Å². The van der Waals surface area contributed by atoms with E-state index in [9.17, 15) is 4.79 Å². The number of hydrogen-bond acceptors (Lipinski definition) is 6. The van der Waals surface area contributed by atoms with Crippen molar-refractivity contribution in [1.82, 2.24) is 19.9 Å². The van der Waals surface area contributed by atoms with E-state index in [1.807, 2.05) is 41.3 Å². The smallest absolute Gasteiger partial charge is 0.259 e. The second-order valence-corrected chi connectivity index (χ2v) is 6.47. The predicted molar refractivity (Wildman–Crippen MR) is 106 cm³/mol. The molecule has 1 aliphatic rings. The number of anilines is 1. The summed E-state index contributed by atoms with van der Waals surface area (Å²) in [5.41, 5.74) is 2.44. The van der Waals surface area contributed by atoms with E-state index in [0.29, 0.717) is 37.6 Å². The summed E-state index contributed by atoms with van der Waals surface area (Å²) in [5, 5.41) is 0. The monoisotopic (exact) mass is 375 g/mol. The van der Waals surface area contributed by atoms with Gasteiger partial charge >= 0.3 is 0 Å². The molecule has 7 heteroatoms. The maximum absolute atomic E-state index is 12.8. The lowest BCUT2D eigenvalue weighted by molar-refractivity contribution is 0.0742. The number of ether oxygens (including phenoxy) is 1. The van der Waals surface area contributed by atoms with Crippen LogP contribution in [0.15, 0.2) is 61.1 Å². The molecule has 0 radical (unpaired) electrons. The minimum atomic E-state index is -0.0581. The molecule has 1 saturated heterocycles. The van der Waals surface area contributed by atoms with Crippen molar-refractivity contribution in [2.75, 3.05) is 38.2 Å². The van der Waals surface area contributed by atoms with E-state index < -0.39 is 0 Å². The minimum absolute atomic E-state index is 0.0581. The fourth-order valence-electron chi connectivity index (χ4n) is 3.31. The summed E-state index contributed by atoms with van der Waals surface area (Å²) in [7, 11) is 1.52. The summed E-state index contributed by atoms with van der Waals surface area (Å²) in [4.78, 5) is 29.8. The molecule has 7 nitrogen and oxygen atoms in total. The van der Waals surface area contributed by atoms with Gasteiger partial charge in [0, 0.05) is 44.0 Å². The van der Waals surface area contributed by atoms with Crippen LogP contribution in [0, 0.1) is 0 Å². The molecule has 0 N–H and O–H groups in total. The van der Waals surface area contributed by atoms with E-state index in [2.05, 4.69) is 19.9 Å². The molecule has 0 bridgehead atoms. The van der Waals surface area contributed by atoms with Gasteiger partial charge in [-0.15, -0.1) is 0 Å². The van der Waals surface area contributed by atoms with Crippen molar-refractivity contribution in [3.05, 3.63) is 66.6 Å². The molecule has 1 aromatic carbocycles. The fourth-order valence-corrected chi connectivity index (χ4v) is 3.31. The Kier molecular flexibility index (Phi) is 5.14. The van der Waals surface area contributed by atoms with Gasteiger partial charge in [0.15, 0.2) is 0 Å². The van der Waals surface area contributed by atoms with Gasteiger partial charge in [-0.3, -0.25) is 4.79 Å². The average molecular weight is 375 g/mol. The predicted octanol–water partition coefficient (Wildman–Crippen LogP) is 2.51. The summed E-state index contributed by atoms with van der Waals surface area (Å²) in [6.45, 7) is 2.64. The van der Waals surface area contributed by atoms with Crippen molar-refractivity contribution in [2.45, 2.75) is 0 Å². The van der Waals surface area contributed by atoms with Crippen LogP contribution in [0.5, 0.6) is 5.88 Å². The highest BCUT2D eigenvalue weighted by Gasteiger charge is 2.25. The van der Waals surface area contributed by atoms with Crippen LogP contribution in [0.2, 0.25) is 0 Å². The summed E-state index contributed by atoms with van der Waals surface area (Å²) in [5.74, 6) is 1.18. The molecular weight excluding hydrogens is 354 g/mol. The Morgan fingerprint density at radius 2 is 1.75 bits per heavy atom. The Morgan fingerprint density at radius 3 is 2.50 bits per heavy atom. The molecule has 0 saturated carbocycles. The Labute approximate surface area is 163 Å². The molecule has 3 aromatic rings. The number of methoxy groups -OCH3 is 1. The van der Waals surface area contributed by atoms with Crippen molar-refractivity contribution in [3.63, 3.8) is 0 Å². The highest BCUT2D eigenvalue weighted by atomic mass is 16.5. The highest BCUT2D eigenvalue weighted by molar-refractivity contribution is 5.96. The molecule has 0 aliphatic carbocycles. The Morgan fingerprint density at radius 1 is 0.964 bits per heavy atom. The normalized spacial score (nSPS) is 14.0. The van der Waals surface area contributed by atoms with Crippen molar-refractivity contribution in [2.24, 2.45) is 0 Å². The Bertz CT molecular complexity index is 956. The number of nitrogens with zero attached hydrogens (tertiary/aromatic N) is 5. The third-order valence-electron chi connectivity index (χ3n) is 4.81. The zero-order chi connectivity index (χ0) is 19.3. The first-order valence-corrected chi connectivity index (χ1v) is 9.17. The molecule has 0 unspecified atom stereocenters. The largest absolute Gasteiger partial charge is 0.480 e. The standard InChI is InChI=1S/C21H21N5O2/c1-28-20-17(8-5-9-22-20)21(27)26-12-10-25(11-13-26)19-14-18(23-15-24-19)16-6-3-2-4-7-16/h2-9,14-15H,10-13H2,1H3. The number of rotatable bonds is 4. The molecule has 3 heterocycles. The van der Waals surface area contributed by atoms with Crippen molar-refractivity contribution in [1.29, 1.82) is 0 Å². The lowest BCUT2D eigenvalue weighted by Gasteiger charge is -2.35. The molecule has 4 rings (SSSR count). The zero-order valence-corrected chi connectivity index (χ0v) is 15.7. The number of pyridine rings is 1. The number of piperazine rings is 1. The molecule has 142 valence electrons. The van der Waals surface area contributed by atoms with E-state index in [4.69, 9.17) is 4.74 Å². The Balaban J connectivity index is 1.45. The van der Waals surface area contributed by atoms with E-state index in [-0.39, 0.29) is 5.91 Å². The van der Waals surface area contributed by atoms with Gasteiger partial charge in [-0.05, 0) is 12.1 Å². The fraction of sp³-hybridized carbons (Fsp3) is 0.238. The van der Waals surface area contributed by atoms with Crippen LogP contribution in [-0.2, 0) is 0 Å². The van der Waals surface area contributed by atoms with E-state index in [1.54, 1.807) is 24.7 Å². The highest BCUT2D eigenvalue weighted by Crippen LogP contribution is 2.22. The first-order chi connectivity index (χ1) is 13.8. The van der Waals surface area contributed by atoms with Gasteiger partial charge in [0.05, 0.1) is 12.8 Å². The van der Waals surface area contributed by atoms with Gasteiger partial charge in [-0.25, -0.2) is 15.0 Å². The molecule has 1 amide bonds. The number of aromatic nitrogens is 3. The number of amides is 1. The third kappa shape index (κ3) is 3.64. The van der Waals surface area contributed by atoms with Crippen molar-refractivity contribution in [3.8, 4) is 17.1 Å². The van der Waals surface area contributed by atoms with Crippen LogP contribution < -0.4 is 9.64 Å². The number of carbonyl (C=O) groups is 1. The molecule has 1 aliphatic heterocycles. The van der Waals surface area contributed by atoms with E-state index >= 15 is 0 Å². The van der Waals surface area contributed by atoms with Crippen LogP contribution in [0.1, 0.15) is 10.4 Å². The minimum Gasteiger partial charge on any atom is -0.480 e. The topological polar surface area (TPSA) is 71.5 Å². The lowest BCUT2D eigenvalue weighted by atomic mass is 10.1. The first kappa shape index (κ1) is 17.9.